The summed E-state index contributed by atoms with van der Waals surface area (Å²) in [5.74, 6) is 0.549. The molecule has 1 fully saturated rings. The van der Waals surface area contributed by atoms with Crippen molar-refractivity contribution in [2.75, 3.05) is 44.7 Å². The summed E-state index contributed by atoms with van der Waals surface area (Å²) in [7, 11) is 2.11. The lowest BCUT2D eigenvalue weighted by molar-refractivity contribution is 0.0948. The first kappa shape index (κ1) is 14.7. The second-order valence-electron chi connectivity index (χ2n) is 5.24. The Morgan fingerprint density at radius 1 is 1.30 bits per heavy atom. The van der Waals surface area contributed by atoms with Gasteiger partial charge < -0.3 is 15.1 Å². The van der Waals surface area contributed by atoms with E-state index in [0.29, 0.717) is 18.2 Å². The Hall–Kier alpha value is -1.69. The Bertz CT molecular complexity index is 469. The molecule has 1 saturated heterocycles. The van der Waals surface area contributed by atoms with Crippen molar-refractivity contribution >= 4 is 11.9 Å². The van der Waals surface area contributed by atoms with Crippen LogP contribution >= 0.6 is 0 Å². The average molecular weight is 277 g/mol. The van der Waals surface area contributed by atoms with Crippen LogP contribution in [0, 0.1) is 6.92 Å². The summed E-state index contributed by atoms with van der Waals surface area (Å²) in [6.45, 7) is 8.39. The number of likely N-dealkylation sites (N-methyl/N-ethyl adjacent to an activating group) is 1. The van der Waals surface area contributed by atoms with Crippen molar-refractivity contribution in [3.8, 4) is 0 Å². The number of carbonyl (C=O) groups is 1. The van der Waals surface area contributed by atoms with Gasteiger partial charge in [0.25, 0.3) is 5.91 Å². The predicted octanol–water partition coefficient (Wildman–Crippen LogP) is 0.677. The van der Waals surface area contributed by atoms with Gasteiger partial charge in [0.05, 0.1) is 0 Å². The van der Waals surface area contributed by atoms with Crippen LogP contribution in [0.3, 0.4) is 0 Å². The molecule has 6 nitrogen and oxygen atoms in total. The SMILES string of the molecule is CCCNC(=O)c1cc(C)nc(N2CCN(C)CC2)n1. The van der Waals surface area contributed by atoms with Gasteiger partial charge in [-0.25, -0.2) is 9.97 Å². The van der Waals surface area contributed by atoms with Gasteiger partial charge in [0.2, 0.25) is 5.95 Å². The predicted molar refractivity (Wildman–Crippen MR) is 79.1 cm³/mol. The smallest absolute Gasteiger partial charge is 0.270 e. The Morgan fingerprint density at radius 3 is 2.65 bits per heavy atom. The van der Waals surface area contributed by atoms with Gasteiger partial charge in [-0.3, -0.25) is 4.79 Å². The normalized spacial score (nSPS) is 16.2. The molecule has 0 aliphatic carbocycles. The fraction of sp³-hybridized carbons (Fsp3) is 0.643. The van der Waals surface area contributed by atoms with Crippen molar-refractivity contribution in [2.45, 2.75) is 20.3 Å². The topological polar surface area (TPSA) is 61.4 Å². The highest BCUT2D eigenvalue weighted by Gasteiger charge is 2.18. The van der Waals surface area contributed by atoms with Crippen LogP contribution in [0.4, 0.5) is 5.95 Å². The number of rotatable bonds is 4. The Morgan fingerprint density at radius 2 is 2.00 bits per heavy atom. The van der Waals surface area contributed by atoms with Gasteiger partial charge in [-0.15, -0.1) is 0 Å². The Labute approximate surface area is 120 Å². The fourth-order valence-electron chi connectivity index (χ4n) is 2.15. The average Bonchev–Trinajstić information content (AvgIpc) is 2.44. The van der Waals surface area contributed by atoms with E-state index in [1.807, 2.05) is 13.8 Å². The van der Waals surface area contributed by atoms with Gasteiger partial charge in [-0.1, -0.05) is 6.92 Å². The van der Waals surface area contributed by atoms with E-state index in [0.717, 1.165) is 38.3 Å². The van der Waals surface area contributed by atoms with Crippen LogP contribution in [0.15, 0.2) is 6.07 Å². The molecule has 0 saturated carbocycles. The van der Waals surface area contributed by atoms with Crippen molar-refractivity contribution in [1.82, 2.24) is 20.2 Å². The van der Waals surface area contributed by atoms with Gasteiger partial charge >= 0.3 is 0 Å². The standard InChI is InChI=1S/C14H23N5O/c1-4-5-15-13(20)12-10-11(2)16-14(17-12)19-8-6-18(3)7-9-19/h10H,4-9H2,1-3H3,(H,15,20). The van der Waals surface area contributed by atoms with Crippen LogP contribution in [0.1, 0.15) is 29.5 Å². The van der Waals surface area contributed by atoms with Crippen molar-refractivity contribution in [2.24, 2.45) is 0 Å². The van der Waals surface area contributed by atoms with E-state index in [-0.39, 0.29) is 5.91 Å². The summed E-state index contributed by atoms with van der Waals surface area (Å²) in [5.41, 5.74) is 1.29. The van der Waals surface area contributed by atoms with E-state index in [4.69, 9.17) is 0 Å². The highest BCUT2D eigenvalue weighted by molar-refractivity contribution is 5.92. The number of hydrogen-bond acceptors (Lipinski definition) is 5. The molecular weight excluding hydrogens is 254 g/mol. The monoisotopic (exact) mass is 277 g/mol. The number of aromatic nitrogens is 2. The molecule has 0 unspecified atom stereocenters. The Balaban J connectivity index is 2.14. The Kier molecular flexibility index (Phi) is 4.89. The largest absolute Gasteiger partial charge is 0.351 e. The zero-order valence-electron chi connectivity index (χ0n) is 12.5. The third kappa shape index (κ3) is 3.66. The van der Waals surface area contributed by atoms with E-state index < -0.39 is 0 Å². The molecule has 1 aliphatic rings. The van der Waals surface area contributed by atoms with Crippen molar-refractivity contribution in [1.29, 1.82) is 0 Å². The molecule has 2 heterocycles. The molecule has 0 radical (unpaired) electrons. The molecule has 1 amide bonds. The number of anilines is 1. The van der Waals surface area contributed by atoms with Gasteiger partial charge in [0.15, 0.2) is 0 Å². The van der Waals surface area contributed by atoms with Gasteiger partial charge in [0.1, 0.15) is 5.69 Å². The number of nitrogens with one attached hydrogen (secondary N) is 1. The van der Waals surface area contributed by atoms with Crippen molar-refractivity contribution in [3.63, 3.8) is 0 Å². The molecule has 110 valence electrons. The number of hydrogen-bond donors (Lipinski definition) is 1. The molecular formula is C14H23N5O. The van der Waals surface area contributed by atoms with Crippen LogP contribution in [-0.4, -0.2) is 60.5 Å². The molecule has 1 N–H and O–H groups in total. The summed E-state index contributed by atoms with van der Waals surface area (Å²) in [6.07, 6.45) is 0.918. The molecule has 0 atom stereocenters. The van der Waals surface area contributed by atoms with E-state index in [1.165, 1.54) is 0 Å². The first-order chi connectivity index (χ1) is 9.60. The lowest BCUT2D eigenvalue weighted by Gasteiger charge is -2.32. The number of piperazine rings is 1. The van der Waals surface area contributed by atoms with Crippen molar-refractivity contribution in [3.05, 3.63) is 17.5 Å². The van der Waals surface area contributed by atoms with Crippen LogP contribution in [-0.2, 0) is 0 Å². The molecule has 0 aromatic carbocycles. The summed E-state index contributed by atoms with van der Waals surface area (Å²) in [4.78, 5) is 25.3. The van der Waals surface area contributed by atoms with E-state index >= 15 is 0 Å². The highest BCUT2D eigenvalue weighted by Crippen LogP contribution is 2.12. The fourth-order valence-corrected chi connectivity index (χ4v) is 2.15. The van der Waals surface area contributed by atoms with E-state index in [2.05, 4.69) is 32.1 Å². The van der Waals surface area contributed by atoms with E-state index in [1.54, 1.807) is 6.07 Å². The van der Waals surface area contributed by atoms with Gasteiger partial charge in [-0.05, 0) is 26.5 Å². The lowest BCUT2D eigenvalue weighted by atomic mass is 10.3. The van der Waals surface area contributed by atoms with Crippen LogP contribution in [0.25, 0.3) is 0 Å². The summed E-state index contributed by atoms with van der Waals surface area (Å²) < 4.78 is 0. The maximum atomic E-state index is 12.0. The molecule has 2 rings (SSSR count). The van der Waals surface area contributed by atoms with Gasteiger partial charge in [0, 0.05) is 38.4 Å². The third-order valence-corrected chi connectivity index (χ3v) is 3.40. The highest BCUT2D eigenvalue weighted by atomic mass is 16.1. The quantitative estimate of drug-likeness (QED) is 0.877. The maximum Gasteiger partial charge on any atom is 0.270 e. The lowest BCUT2D eigenvalue weighted by Crippen LogP contribution is -2.45. The minimum Gasteiger partial charge on any atom is -0.351 e. The maximum absolute atomic E-state index is 12.0. The minimum atomic E-state index is -0.118. The summed E-state index contributed by atoms with van der Waals surface area (Å²) in [6, 6.07) is 1.74. The summed E-state index contributed by atoms with van der Waals surface area (Å²) in [5, 5.41) is 2.86. The van der Waals surface area contributed by atoms with Crippen LogP contribution in [0.2, 0.25) is 0 Å². The molecule has 20 heavy (non-hydrogen) atoms. The van der Waals surface area contributed by atoms with Gasteiger partial charge in [-0.2, -0.15) is 0 Å². The molecule has 1 aromatic rings. The van der Waals surface area contributed by atoms with Crippen molar-refractivity contribution < 1.29 is 4.79 Å². The van der Waals surface area contributed by atoms with E-state index in [9.17, 15) is 4.79 Å². The number of carbonyl (C=O) groups excluding carboxylic acids is 1. The second-order valence-corrected chi connectivity index (χ2v) is 5.24. The second kappa shape index (κ2) is 6.65. The molecule has 0 spiro atoms. The molecule has 1 aliphatic heterocycles. The zero-order valence-corrected chi connectivity index (χ0v) is 12.5. The zero-order chi connectivity index (χ0) is 14.5. The molecule has 0 bridgehead atoms. The number of nitrogens with zero attached hydrogens (tertiary/aromatic N) is 4. The first-order valence-electron chi connectivity index (χ1n) is 7.17. The molecule has 1 aromatic heterocycles. The number of amides is 1. The number of aryl methyl sites for hydroxylation is 1. The molecule has 6 heteroatoms. The first-order valence-corrected chi connectivity index (χ1v) is 7.17. The van der Waals surface area contributed by atoms with Crippen LogP contribution in [0.5, 0.6) is 0 Å². The minimum absolute atomic E-state index is 0.118. The third-order valence-electron chi connectivity index (χ3n) is 3.40. The summed E-state index contributed by atoms with van der Waals surface area (Å²) >= 11 is 0. The van der Waals surface area contributed by atoms with Crippen LogP contribution < -0.4 is 10.2 Å².